The van der Waals surface area contributed by atoms with Crippen LogP contribution >= 0.6 is 12.2 Å². The number of esters is 1. The number of carbonyl (C=O) groups excluding carboxylic acids is 8. The molecule has 2 aliphatic heterocycles. The molecule has 2 heterocycles. The Hall–Kier alpha value is -7.61. The van der Waals surface area contributed by atoms with Gasteiger partial charge in [-0.05, 0) is 147 Å². The third-order valence-electron chi connectivity index (χ3n) is 17.2. The van der Waals surface area contributed by atoms with E-state index in [9.17, 15) is 48.6 Å². The third-order valence-corrected chi connectivity index (χ3v) is 17.6. The number of fused-ring (bicyclic) bond motifs is 6. The second-order valence-corrected chi connectivity index (χ2v) is 25.3. The summed E-state index contributed by atoms with van der Waals surface area (Å²) in [7, 11) is 0. The van der Waals surface area contributed by atoms with E-state index in [1.54, 1.807) is 30.3 Å². The van der Waals surface area contributed by atoms with Gasteiger partial charge in [0.25, 0.3) is 0 Å². The molecule has 0 aliphatic carbocycles. The molecule has 3 aromatic carbocycles. The highest BCUT2D eigenvalue weighted by Gasteiger charge is 2.54. The molecule has 0 unspecified atom stereocenters. The van der Waals surface area contributed by atoms with E-state index in [0.29, 0.717) is 169 Å². The highest BCUT2D eigenvalue weighted by Crippen LogP contribution is 2.57. The maximum absolute atomic E-state index is 14.6. The Labute approximate surface area is 580 Å². The van der Waals surface area contributed by atoms with E-state index in [4.69, 9.17) is 71.3 Å². The summed E-state index contributed by atoms with van der Waals surface area (Å²) in [5, 5.41) is 40.6. The van der Waals surface area contributed by atoms with Gasteiger partial charge >= 0.3 is 5.97 Å². The molecule has 5 rings (SSSR count). The Bertz CT molecular complexity index is 3000. The van der Waals surface area contributed by atoms with E-state index in [2.05, 4.69) is 37.2 Å². The fourth-order valence-electron chi connectivity index (χ4n) is 11.8. The van der Waals surface area contributed by atoms with Crippen LogP contribution in [0.1, 0.15) is 187 Å². The number of hydrogen-bond acceptors (Lipinski definition) is 21. The van der Waals surface area contributed by atoms with Crippen LogP contribution in [0.4, 0.5) is 0 Å². The number of phenolic OH excluding ortho intramolecular Hbond substituents is 2. The summed E-state index contributed by atoms with van der Waals surface area (Å²) in [6.07, 6.45) is 12.3. The normalized spacial score (nSPS) is 14.4. The van der Waals surface area contributed by atoms with E-state index in [0.717, 1.165) is 12.8 Å². The van der Waals surface area contributed by atoms with Gasteiger partial charge in [0, 0.05) is 40.9 Å². The van der Waals surface area contributed by atoms with E-state index in [1.165, 1.54) is 24.3 Å². The van der Waals surface area contributed by atoms with Crippen LogP contribution in [0.5, 0.6) is 23.0 Å². The van der Waals surface area contributed by atoms with Crippen molar-refractivity contribution >= 4 is 64.5 Å². The van der Waals surface area contributed by atoms with Gasteiger partial charge in [-0.1, -0.05) is 101 Å². The third kappa shape index (κ3) is 25.9. The van der Waals surface area contributed by atoms with Gasteiger partial charge in [-0.25, -0.2) is 4.79 Å². The topological polar surface area (TPSA) is 480 Å². The van der Waals surface area contributed by atoms with Crippen molar-refractivity contribution in [3.63, 3.8) is 0 Å². The molecule has 544 valence electrons. The summed E-state index contributed by atoms with van der Waals surface area (Å²) in [6.45, 7) is 2.73. The molecular weight excluding hydrogens is 1280 g/mol. The van der Waals surface area contributed by atoms with Gasteiger partial charge in [0.05, 0.1) is 25.4 Å². The second-order valence-electron chi connectivity index (χ2n) is 24.9. The second kappa shape index (κ2) is 44.4. The summed E-state index contributed by atoms with van der Waals surface area (Å²) in [5.41, 5.74) is 41.3. The zero-order valence-corrected chi connectivity index (χ0v) is 57.5. The first kappa shape index (κ1) is 81.1. The smallest absolute Gasteiger partial charge is 0.340 e. The minimum atomic E-state index is -1.42. The average molecular weight is 1390 g/mol. The van der Waals surface area contributed by atoms with Gasteiger partial charge in [-0.2, -0.15) is 0 Å². The first-order chi connectivity index (χ1) is 47.3. The molecule has 29 heteroatoms. The Morgan fingerprint density at radius 1 is 0.449 bits per heavy atom. The molecule has 28 nitrogen and oxygen atoms in total. The van der Waals surface area contributed by atoms with Crippen molar-refractivity contribution in [1.29, 1.82) is 0 Å². The molecule has 0 saturated heterocycles. The van der Waals surface area contributed by atoms with Crippen LogP contribution in [0.25, 0.3) is 0 Å². The van der Waals surface area contributed by atoms with Crippen molar-refractivity contribution in [2.75, 3.05) is 72.2 Å². The van der Waals surface area contributed by atoms with Crippen molar-refractivity contribution < 1.29 is 67.5 Å². The Kier molecular flexibility index (Phi) is 36.7. The minimum Gasteiger partial charge on any atom is -0.508 e. The van der Waals surface area contributed by atoms with Gasteiger partial charge in [0.2, 0.25) is 41.4 Å². The van der Waals surface area contributed by atoms with Crippen molar-refractivity contribution in [2.45, 2.75) is 196 Å². The first-order valence-corrected chi connectivity index (χ1v) is 35.2. The monoisotopic (exact) mass is 1390 g/mol. The standard InChI is InChI=1S/C69H108N14O14S/c70-31-13-1-7-19-52(61(76)87)79-63(89)54(21-9-3-15-33-72)81-65(91)56(23-11-5-17-35-74)83-66(92)57(24-12-6-18-36-75)82-64(90)55(22-10-4-16-34-73)80-62(88)53(20-8-2-14-32-71)78-60(86)44-95-40-39-94-38-37-77-67(98)45-25-28-49-48(41-45)68(93)97-69(49)50-29-26-46(84)42-58(50)96-59-43-47(85)27-30-51(59)69/h25-30,41-43,52-57,84-85H,1-24,31-40,44,70-75H2,(H2,76,87)(H,77,98)(H,78,86)(H,79,89)(H,80,88)(H,81,91)(H,82,90)(H,83,92)/t52-,53-,54-,55-,56-,57-/m0/s1. The maximum atomic E-state index is 14.6. The van der Waals surface area contributed by atoms with Crippen molar-refractivity contribution in [3.05, 3.63) is 82.4 Å². The zero-order chi connectivity index (χ0) is 71.2. The molecule has 0 fully saturated rings. The lowest BCUT2D eigenvalue weighted by atomic mass is 9.77. The SMILES string of the molecule is NCCCCC[C@H](NC(=O)[C@H](CCCCCN)NC(=O)[C@H](CCCCCN)NC(=O)[C@H](CCCCCN)NC(=O)[C@H](CCCCCN)NC(=O)[C@H](CCCCCN)NC(=O)COCCOCCNC(=S)c1ccc2c(c1)C(=O)OC21c2ccc(O)cc2Oc2cc(O)ccc21)C(N)=O. The molecule has 6 atom stereocenters. The first-order valence-electron chi connectivity index (χ1n) is 34.8. The average Bonchev–Trinajstić information content (AvgIpc) is 1.48. The molecule has 2 aliphatic rings. The quantitative estimate of drug-likeness (QED) is 0.0219. The summed E-state index contributed by atoms with van der Waals surface area (Å²) < 4.78 is 23.6. The van der Waals surface area contributed by atoms with Gasteiger partial charge in [0.15, 0.2) is 5.60 Å². The van der Waals surface area contributed by atoms with Crippen LogP contribution in [0.3, 0.4) is 0 Å². The Morgan fingerprint density at radius 3 is 1.19 bits per heavy atom. The number of nitrogens with two attached hydrogens (primary N) is 7. The molecule has 0 radical (unpaired) electrons. The van der Waals surface area contributed by atoms with Gasteiger partial charge < -0.3 is 107 Å². The maximum Gasteiger partial charge on any atom is 0.340 e. The summed E-state index contributed by atoms with van der Waals surface area (Å²) in [6, 6.07) is 7.53. The minimum absolute atomic E-state index is 0.0186. The summed E-state index contributed by atoms with van der Waals surface area (Å²) >= 11 is 5.70. The highest BCUT2D eigenvalue weighted by atomic mass is 32.1. The number of hydrogen-bond donors (Lipinski definition) is 16. The molecule has 98 heavy (non-hydrogen) atoms. The molecular formula is C69H108N14O14S. The number of ether oxygens (including phenoxy) is 4. The summed E-state index contributed by atoms with van der Waals surface area (Å²) in [4.78, 5) is 112. The van der Waals surface area contributed by atoms with Crippen LogP contribution in [-0.4, -0.2) is 171 Å². The number of thiocarbonyl (C=S) groups is 1. The number of primary amides is 1. The van der Waals surface area contributed by atoms with Gasteiger partial charge in [0.1, 0.15) is 70.8 Å². The lowest BCUT2D eigenvalue weighted by molar-refractivity contribution is -0.136. The highest BCUT2D eigenvalue weighted by molar-refractivity contribution is 7.80. The number of benzene rings is 3. The van der Waals surface area contributed by atoms with Crippen molar-refractivity contribution in [1.82, 2.24) is 37.2 Å². The zero-order valence-electron chi connectivity index (χ0n) is 56.7. The molecule has 0 bridgehead atoms. The van der Waals surface area contributed by atoms with Gasteiger partial charge in [-0.3, -0.25) is 33.6 Å². The van der Waals surface area contributed by atoms with E-state index < -0.39 is 95.8 Å². The van der Waals surface area contributed by atoms with Crippen LogP contribution in [0.15, 0.2) is 54.6 Å². The molecule has 3 aromatic rings. The van der Waals surface area contributed by atoms with Crippen LogP contribution < -0.4 is 82.1 Å². The fourth-order valence-corrected chi connectivity index (χ4v) is 12.0. The largest absolute Gasteiger partial charge is 0.508 e. The van der Waals surface area contributed by atoms with Crippen LogP contribution in [0, 0.1) is 0 Å². The lowest BCUT2D eigenvalue weighted by Crippen LogP contribution is -2.59. The predicted octanol–water partition coefficient (Wildman–Crippen LogP) is 2.47. The molecule has 0 saturated carbocycles. The number of amides is 7. The fraction of sp³-hybridized carbons (Fsp3) is 0.609. The van der Waals surface area contributed by atoms with E-state index >= 15 is 0 Å². The number of rotatable bonds is 51. The van der Waals surface area contributed by atoms with Crippen LogP contribution in [-0.2, 0) is 53.4 Å². The Morgan fingerprint density at radius 2 is 0.806 bits per heavy atom. The molecule has 1 spiro atoms. The number of nitrogens with one attached hydrogen (secondary N) is 7. The predicted molar refractivity (Wildman–Crippen MR) is 375 cm³/mol. The van der Waals surface area contributed by atoms with E-state index in [-0.39, 0.29) is 93.5 Å². The van der Waals surface area contributed by atoms with Crippen LogP contribution in [0.2, 0.25) is 0 Å². The lowest BCUT2D eigenvalue weighted by Gasteiger charge is -2.36. The Balaban J connectivity index is 1.20. The number of phenols is 2. The number of unbranched alkanes of at least 4 members (excludes halogenated alkanes) is 12. The molecule has 0 aromatic heterocycles. The van der Waals surface area contributed by atoms with E-state index in [1.807, 2.05) is 0 Å². The van der Waals surface area contributed by atoms with Gasteiger partial charge in [-0.15, -0.1) is 0 Å². The molecule has 7 amide bonds. The number of carbonyl (C=O) groups is 8. The van der Waals surface area contributed by atoms with Crippen molar-refractivity contribution in [3.8, 4) is 23.0 Å². The van der Waals surface area contributed by atoms with Crippen molar-refractivity contribution in [2.24, 2.45) is 40.1 Å². The summed E-state index contributed by atoms with van der Waals surface area (Å²) in [5.74, 6) is -4.71. The number of aromatic hydroxyl groups is 2. The molecule has 23 N–H and O–H groups in total.